The predicted molar refractivity (Wildman–Crippen MR) is 186 cm³/mol. The normalized spacial score (nSPS) is 15.4. The average Bonchev–Trinajstić information content (AvgIpc) is 3.47. The molecule has 0 spiro atoms. The van der Waals surface area contributed by atoms with E-state index in [0.29, 0.717) is 0 Å². The van der Waals surface area contributed by atoms with Crippen molar-refractivity contribution in [3.05, 3.63) is 120 Å². The zero-order valence-electron chi connectivity index (χ0n) is 34.6. The smallest absolute Gasteiger partial charge is 0.304 e. The van der Waals surface area contributed by atoms with E-state index in [9.17, 15) is 13.2 Å². The van der Waals surface area contributed by atoms with Gasteiger partial charge in [0.25, 0.3) is 0 Å². The van der Waals surface area contributed by atoms with E-state index < -0.39 is 42.8 Å². The van der Waals surface area contributed by atoms with Gasteiger partial charge >= 0.3 is 6.18 Å². The van der Waals surface area contributed by atoms with E-state index in [1.54, 1.807) is 0 Å². The summed E-state index contributed by atoms with van der Waals surface area (Å²) in [4.78, 5) is 8.61. The number of pyridine rings is 2. The summed E-state index contributed by atoms with van der Waals surface area (Å²) in [6.45, 7) is 3.00. The molecule has 6 rings (SSSR count). The van der Waals surface area contributed by atoms with Crippen LogP contribution in [0.15, 0.2) is 85.2 Å². The fourth-order valence-corrected chi connectivity index (χ4v) is 6.23. The minimum absolute atomic E-state index is 0. The van der Waals surface area contributed by atoms with Gasteiger partial charge in [-0.05, 0) is 65.6 Å². The van der Waals surface area contributed by atoms with Crippen molar-refractivity contribution in [2.75, 3.05) is 0 Å². The number of halogens is 3. The summed E-state index contributed by atoms with van der Waals surface area (Å²) >= 11 is 1.87. The van der Waals surface area contributed by atoms with E-state index in [2.05, 4.69) is 73.2 Å². The minimum atomic E-state index is -4.80. The van der Waals surface area contributed by atoms with Gasteiger partial charge in [0.15, 0.2) is 0 Å². The van der Waals surface area contributed by atoms with Crippen LogP contribution in [0, 0.1) is 36.7 Å². The molecule has 2 nitrogen and oxygen atoms in total. The number of thiophene rings is 1. The van der Waals surface area contributed by atoms with E-state index in [1.165, 1.54) is 31.8 Å². The van der Waals surface area contributed by atoms with Crippen molar-refractivity contribution in [3.63, 3.8) is 0 Å². The predicted octanol–water partition coefficient (Wildman–Crippen LogP) is 11.8. The van der Waals surface area contributed by atoms with E-state index in [4.69, 9.17) is 11.0 Å². The molecule has 247 valence electrons. The second kappa shape index (κ2) is 14.4. The first kappa shape index (κ1) is 26.6. The van der Waals surface area contributed by atoms with Crippen LogP contribution in [0.25, 0.3) is 42.7 Å². The fraction of sp³-hybridized carbons (Fsp3) is 0.300. The molecular weight excluding hydrogens is 790 g/mol. The zero-order chi connectivity index (χ0) is 40.1. The van der Waals surface area contributed by atoms with Gasteiger partial charge in [-0.1, -0.05) is 64.4 Å². The van der Waals surface area contributed by atoms with Gasteiger partial charge in [-0.15, -0.1) is 82.6 Å². The van der Waals surface area contributed by atoms with E-state index in [0.717, 1.165) is 55.9 Å². The molecule has 0 saturated heterocycles. The van der Waals surface area contributed by atoms with Gasteiger partial charge in [0.2, 0.25) is 0 Å². The first-order valence-corrected chi connectivity index (χ1v) is 15.5. The van der Waals surface area contributed by atoms with E-state index >= 15 is 0 Å². The number of alkyl halides is 3. The molecule has 0 unspecified atom stereocenters. The third-order valence-corrected chi connectivity index (χ3v) is 8.64. The summed E-state index contributed by atoms with van der Waals surface area (Å²) in [5.41, 5.74) is 0.265. The maximum Gasteiger partial charge on any atom is 0.393 e. The Morgan fingerprint density at radius 2 is 1.60 bits per heavy atom. The number of rotatable bonds is 5. The second-order valence-electron chi connectivity index (χ2n) is 12.8. The number of fused-ring (bicyclic) bond motifs is 3. The Kier molecular flexibility index (Phi) is 8.13. The number of nitrogens with zero attached hydrogens (tertiary/aromatic N) is 2. The molecule has 0 bridgehead atoms. The molecule has 0 saturated carbocycles. The number of aromatic nitrogens is 2. The molecule has 0 fully saturated rings. The molecule has 3 aromatic carbocycles. The molecule has 3 aromatic heterocycles. The summed E-state index contributed by atoms with van der Waals surface area (Å²) in [6, 6.07) is 27.4. The summed E-state index contributed by atoms with van der Waals surface area (Å²) in [7, 11) is 0. The van der Waals surface area contributed by atoms with Crippen LogP contribution >= 0.6 is 11.3 Å². The SMILES string of the molecule is CC(C)(C)Cc1cccc2c1sc1c(-c3[c-]cccc3)nccc12.[2H]C([2H])([2H])c1cnc(-c2[c-]cc(C([2H])([2H])C(C)(C)C(F)(F)F)cc2)cc1C([2H])([2H])[2H].[Ir]. The van der Waals surface area contributed by atoms with Gasteiger partial charge in [0.1, 0.15) is 0 Å². The van der Waals surface area contributed by atoms with Gasteiger partial charge in [0.05, 0.1) is 5.41 Å². The quantitative estimate of drug-likeness (QED) is 0.162. The van der Waals surface area contributed by atoms with Gasteiger partial charge in [-0.2, -0.15) is 13.2 Å². The van der Waals surface area contributed by atoms with Gasteiger partial charge < -0.3 is 9.97 Å². The van der Waals surface area contributed by atoms with Crippen LogP contribution in [0.3, 0.4) is 0 Å². The number of hydrogen-bond donors (Lipinski definition) is 0. The van der Waals surface area contributed by atoms with Gasteiger partial charge in [-0.3, -0.25) is 0 Å². The molecule has 3 heterocycles. The summed E-state index contributed by atoms with van der Waals surface area (Å²) in [6.07, 6.45) is -3.63. The molecule has 6 aromatic rings. The van der Waals surface area contributed by atoms with Crippen LogP contribution in [0.5, 0.6) is 0 Å². The Morgan fingerprint density at radius 3 is 2.23 bits per heavy atom. The van der Waals surface area contributed by atoms with Crippen LogP contribution in [0.4, 0.5) is 13.2 Å². The molecule has 0 amide bonds. The monoisotopic (exact) mass is 837 g/mol. The average molecular weight is 837 g/mol. The van der Waals surface area contributed by atoms with Crippen molar-refractivity contribution in [1.29, 1.82) is 0 Å². The van der Waals surface area contributed by atoms with Crippen molar-refractivity contribution in [1.82, 2.24) is 9.97 Å². The van der Waals surface area contributed by atoms with E-state index in [-0.39, 0.29) is 42.3 Å². The van der Waals surface area contributed by atoms with Crippen LogP contribution in [0.1, 0.15) is 67.8 Å². The Labute approximate surface area is 305 Å². The van der Waals surface area contributed by atoms with Gasteiger partial charge in [-0.25, -0.2) is 0 Å². The van der Waals surface area contributed by atoms with Crippen molar-refractivity contribution in [2.24, 2.45) is 10.8 Å². The maximum atomic E-state index is 13.3. The first-order valence-electron chi connectivity index (χ1n) is 18.7. The largest absolute Gasteiger partial charge is 0.393 e. The summed E-state index contributed by atoms with van der Waals surface area (Å²) in [5.74, 6) is 0. The third-order valence-electron chi connectivity index (χ3n) is 7.34. The minimum Gasteiger partial charge on any atom is -0.304 e. The Bertz CT molecular complexity index is 2260. The van der Waals surface area contributed by atoms with E-state index in [1.807, 2.05) is 35.7 Å². The summed E-state index contributed by atoms with van der Waals surface area (Å²) < 4.78 is 104. The molecule has 0 aliphatic rings. The molecule has 0 N–H and O–H groups in total. The van der Waals surface area contributed by atoms with Crippen LogP contribution < -0.4 is 0 Å². The zero-order valence-corrected chi connectivity index (χ0v) is 29.8. The van der Waals surface area contributed by atoms with Crippen molar-refractivity contribution < 1.29 is 44.2 Å². The topological polar surface area (TPSA) is 25.8 Å². The second-order valence-corrected chi connectivity index (χ2v) is 13.8. The van der Waals surface area contributed by atoms with Crippen LogP contribution in [0.2, 0.25) is 0 Å². The Hall–Kier alpha value is -3.38. The molecule has 0 aliphatic heterocycles. The number of aryl methyl sites for hydroxylation is 2. The Morgan fingerprint density at radius 1 is 0.830 bits per heavy atom. The van der Waals surface area contributed by atoms with Crippen molar-refractivity contribution in [3.8, 4) is 22.5 Å². The standard InChI is InChI=1S/C22H20NS.C18H19F3N.Ir/c1-22(2,3)14-16-10-7-11-17-18-12-13-23-19(21(18)24-20(16)17)15-8-5-4-6-9-15;1-12-9-16(22-11-13(12)2)15-7-5-14(6-8-15)10-17(3,4)18(19,20)21;/h4-8,10-13H,14H2,1-3H3;5-7,9,11H,10H2,1-4H3;/q2*-1;/i;1D3,2D3,10D2;. The fourth-order valence-electron chi connectivity index (χ4n) is 4.92. The van der Waals surface area contributed by atoms with Crippen molar-refractivity contribution >= 4 is 31.5 Å². The molecule has 7 heteroatoms. The molecule has 0 aliphatic carbocycles. The first-order chi connectivity index (χ1) is 24.8. The van der Waals surface area contributed by atoms with Gasteiger partial charge in [0, 0.05) is 58.6 Å². The van der Waals surface area contributed by atoms with Crippen LogP contribution in [-0.2, 0) is 32.9 Å². The number of benzene rings is 3. The van der Waals surface area contributed by atoms with Crippen LogP contribution in [-0.4, -0.2) is 16.1 Å². The molecule has 47 heavy (non-hydrogen) atoms. The summed E-state index contributed by atoms with van der Waals surface area (Å²) in [5, 5.41) is 2.64. The molecular formula is C40H39F3IrN2S-2. The number of hydrogen-bond acceptors (Lipinski definition) is 3. The maximum absolute atomic E-state index is 13.3. The van der Waals surface area contributed by atoms with Crippen molar-refractivity contribution in [2.45, 2.75) is 67.3 Å². The molecule has 0 atom stereocenters. The molecule has 1 radical (unpaired) electrons. The Balaban J connectivity index is 0.000000245. The third kappa shape index (κ3) is 8.56.